The van der Waals surface area contributed by atoms with Crippen LogP contribution < -0.4 is 5.32 Å². The highest BCUT2D eigenvalue weighted by Crippen LogP contribution is 2.20. The molecule has 2 aromatic rings. The van der Waals surface area contributed by atoms with Crippen molar-refractivity contribution in [3.05, 3.63) is 47.5 Å². The third kappa shape index (κ3) is 3.15. The Bertz CT molecular complexity index is 576. The number of hydrogen-bond acceptors (Lipinski definition) is 3. The minimum absolute atomic E-state index is 0.243. The van der Waals surface area contributed by atoms with Crippen LogP contribution in [0.2, 0.25) is 0 Å². The van der Waals surface area contributed by atoms with E-state index in [0.29, 0.717) is 11.9 Å². The number of aromatic nitrogens is 2. The van der Waals surface area contributed by atoms with E-state index in [4.69, 9.17) is 0 Å². The van der Waals surface area contributed by atoms with Crippen LogP contribution in [0, 0.1) is 12.7 Å². The van der Waals surface area contributed by atoms with Gasteiger partial charge in [0.2, 0.25) is 0 Å². The summed E-state index contributed by atoms with van der Waals surface area (Å²) in [4.78, 5) is 8.95. The maximum Gasteiger partial charge on any atom is 0.159 e. The first-order valence-electron chi connectivity index (χ1n) is 6.54. The summed E-state index contributed by atoms with van der Waals surface area (Å²) in [7, 11) is 0. The number of benzene rings is 1. The molecule has 0 atom stereocenters. The van der Waals surface area contributed by atoms with Crippen molar-refractivity contribution in [3.63, 3.8) is 0 Å². The van der Waals surface area contributed by atoms with E-state index in [-0.39, 0.29) is 5.82 Å². The molecule has 1 heterocycles. The number of rotatable bonds is 4. The summed E-state index contributed by atoms with van der Waals surface area (Å²) in [5.41, 5.74) is 2.76. The maximum absolute atomic E-state index is 12.9. The number of halogens is 1. The lowest BCUT2D eigenvalue weighted by Gasteiger charge is -2.07. The van der Waals surface area contributed by atoms with Gasteiger partial charge in [-0.25, -0.2) is 14.4 Å². The van der Waals surface area contributed by atoms with Crippen LogP contribution in [-0.4, -0.2) is 16.0 Å². The molecular formula is C15H16FN3. The second-order valence-electron chi connectivity index (χ2n) is 4.99. The zero-order chi connectivity index (χ0) is 13.2. The second kappa shape index (κ2) is 5.05. The summed E-state index contributed by atoms with van der Waals surface area (Å²) in [5, 5.41) is 3.44. The van der Waals surface area contributed by atoms with Gasteiger partial charge in [0.05, 0.1) is 5.69 Å². The summed E-state index contributed by atoms with van der Waals surface area (Å²) in [5.74, 6) is 0.416. The fourth-order valence-corrected chi connectivity index (χ4v) is 1.99. The van der Waals surface area contributed by atoms with Crippen LogP contribution in [0.25, 0.3) is 11.4 Å². The Morgan fingerprint density at radius 1 is 1.21 bits per heavy atom. The molecule has 1 fully saturated rings. The van der Waals surface area contributed by atoms with Crippen LogP contribution in [0.15, 0.2) is 30.3 Å². The normalized spacial score (nSPS) is 14.6. The van der Waals surface area contributed by atoms with E-state index in [1.165, 1.54) is 25.0 Å². The van der Waals surface area contributed by atoms with E-state index in [1.54, 1.807) is 12.1 Å². The molecule has 0 unspecified atom stereocenters. The molecule has 0 saturated heterocycles. The van der Waals surface area contributed by atoms with Gasteiger partial charge in [-0.3, -0.25) is 0 Å². The highest BCUT2D eigenvalue weighted by Gasteiger charge is 2.20. The first-order valence-corrected chi connectivity index (χ1v) is 6.54. The van der Waals surface area contributed by atoms with Gasteiger partial charge in [0, 0.05) is 23.8 Å². The lowest BCUT2D eigenvalue weighted by Crippen LogP contribution is -2.16. The molecule has 3 rings (SSSR count). The van der Waals surface area contributed by atoms with E-state index in [1.807, 2.05) is 13.0 Å². The van der Waals surface area contributed by atoms with Crippen molar-refractivity contribution >= 4 is 0 Å². The molecule has 4 heteroatoms. The van der Waals surface area contributed by atoms with E-state index in [2.05, 4.69) is 15.3 Å². The molecule has 1 aromatic carbocycles. The summed E-state index contributed by atoms with van der Waals surface area (Å²) >= 11 is 0. The highest BCUT2D eigenvalue weighted by molar-refractivity contribution is 5.54. The maximum atomic E-state index is 12.9. The smallest absolute Gasteiger partial charge is 0.159 e. The van der Waals surface area contributed by atoms with Gasteiger partial charge in [-0.2, -0.15) is 0 Å². The van der Waals surface area contributed by atoms with Crippen LogP contribution in [0.4, 0.5) is 4.39 Å². The van der Waals surface area contributed by atoms with Crippen molar-refractivity contribution in [1.82, 2.24) is 15.3 Å². The van der Waals surface area contributed by atoms with Crippen molar-refractivity contribution < 1.29 is 4.39 Å². The van der Waals surface area contributed by atoms with Gasteiger partial charge in [-0.05, 0) is 50.1 Å². The summed E-state index contributed by atoms with van der Waals surface area (Å²) in [6.45, 7) is 2.72. The Morgan fingerprint density at radius 2 is 1.95 bits per heavy atom. The van der Waals surface area contributed by atoms with Gasteiger partial charge in [0.15, 0.2) is 5.82 Å². The largest absolute Gasteiger partial charge is 0.308 e. The molecule has 0 bridgehead atoms. The Morgan fingerprint density at radius 3 is 2.63 bits per heavy atom. The van der Waals surface area contributed by atoms with Crippen molar-refractivity contribution in [2.75, 3.05) is 0 Å². The predicted molar refractivity (Wildman–Crippen MR) is 72.0 cm³/mol. The van der Waals surface area contributed by atoms with Crippen molar-refractivity contribution in [1.29, 1.82) is 0 Å². The molecule has 1 N–H and O–H groups in total. The molecular weight excluding hydrogens is 241 g/mol. The zero-order valence-corrected chi connectivity index (χ0v) is 10.9. The number of hydrogen-bond donors (Lipinski definition) is 1. The van der Waals surface area contributed by atoms with Gasteiger partial charge >= 0.3 is 0 Å². The average molecular weight is 257 g/mol. The molecule has 0 spiro atoms. The second-order valence-corrected chi connectivity index (χ2v) is 4.99. The first-order chi connectivity index (χ1) is 9.20. The molecule has 0 radical (unpaired) electrons. The molecule has 0 amide bonds. The Kier molecular flexibility index (Phi) is 3.25. The van der Waals surface area contributed by atoms with Crippen LogP contribution in [0.5, 0.6) is 0 Å². The van der Waals surface area contributed by atoms with Gasteiger partial charge in [-0.1, -0.05) is 0 Å². The molecule has 98 valence electrons. The van der Waals surface area contributed by atoms with E-state index < -0.39 is 0 Å². The average Bonchev–Trinajstić information content (AvgIpc) is 3.20. The topological polar surface area (TPSA) is 37.8 Å². The van der Waals surface area contributed by atoms with Crippen LogP contribution in [0.1, 0.15) is 24.2 Å². The van der Waals surface area contributed by atoms with E-state index in [9.17, 15) is 4.39 Å². The first kappa shape index (κ1) is 12.2. The van der Waals surface area contributed by atoms with E-state index in [0.717, 1.165) is 23.5 Å². The fraction of sp³-hybridized carbons (Fsp3) is 0.333. The quantitative estimate of drug-likeness (QED) is 0.915. The lowest BCUT2D eigenvalue weighted by atomic mass is 10.2. The minimum Gasteiger partial charge on any atom is -0.308 e. The SMILES string of the molecule is Cc1cc(CNC2CC2)nc(-c2ccc(F)cc2)n1. The summed E-state index contributed by atoms with van der Waals surface area (Å²) in [6, 6.07) is 8.93. The third-order valence-electron chi connectivity index (χ3n) is 3.16. The standard InChI is InChI=1S/C15H16FN3/c1-10-8-14(9-17-13-6-7-13)19-15(18-10)11-2-4-12(16)5-3-11/h2-5,8,13,17H,6-7,9H2,1H3. The van der Waals surface area contributed by atoms with Gasteiger partial charge in [-0.15, -0.1) is 0 Å². The summed E-state index contributed by atoms with van der Waals surface area (Å²) in [6.07, 6.45) is 2.52. The molecule has 1 saturated carbocycles. The monoisotopic (exact) mass is 257 g/mol. The molecule has 19 heavy (non-hydrogen) atoms. The Balaban J connectivity index is 1.85. The van der Waals surface area contributed by atoms with Crippen molar-refractivity contribution in [2.24, 2.45) is 0 Å². The lowest BCUT2D eigenvalue weighted by molar-refractivity contribution is 0.628. The Labute approximate surface area is 111 Å². The fourth-order valence-electron chi connectivity index (χ4n) is 1.99. The highest BCUT2D eigenvalue weighted by atomic mass is 19.1. The zero-order valence-electron chi connectivity index (χ0n) is 10.9. The van der Waals surface area contributed by atoms with Crippen molar-refractivity contribution in [3.8, 4) is 11.4 Å². The molecule has 3 nitrogen and oxygen atoms in total. The predicted octanol–water partition coefficient (Wildman–Crippen LogP) is 2.84. The van der Waals surface area contributed by atoms with Gasteiger partial charge in [0.25, 0.3) is 0 Å². The number of nitrogens with zero attached hydrogens (tertiary/aromatic N) is 2. The molecule has 0 aliphatic heterocycles. The van der Waals surface area contributed by atoms with Crippen LogP contribution in [-0.2, 0) is 6.54 Å². The third-order valence-corrected chi connectivity index (χ3v) is 3.16. The molecule has 1 aromatic heterocycles. The number of aryl methyl sites for hydroxylation is 1. The van der Waals surface area contributed by atoms with Gasteiger partial charge < -0.3 is 5.32 Å². The Hall–Kier alpha value is -1.81. The van der Waals surface area contributed by atoms with E-state index >= 15 is 0 Å². The van der Waals surface area contributed by atoms with Crippen molar-refractivity contribution in [2.45, 2.75) is 32.4 Å². The van der Waals surface area contributed by atoms with Gasteiger partial charge in [0.1, 0.15) is 5.82 Å². The summed E-state index contributed by atoms with van der Waals surface area (Å²) < 4.78 is 12.9. The minimum atomic E-state index is -0.243. The number of nitrogens with one attached hydrogen (secondary N) is 1. The molecule has 1 aliphatic rings. The van der Waals surface area contributed by atoms with Crippen LogP contribution >= 0.6 is 0 Å². The molecule has 1 aliphatic carbocycles. The van der Waals surface area contributed by atoms with Crippen LogP contribution in [0.3, 0.4) is 0 Å².